The van der Waals surface area contributed by atoms with E-state index in [2.05, 4.69) is 60.5 Å². The van der Waals surface area contributed by atoms with Crippen LogP contribution in [0.5, 0.6) is 0 Å². The Morgan fingerprint density at radius 2 is 1.80 bits per heavy atom. The van der Waals surface area contributed by atoms with Gasteiger partial charge in [0.05, 0.1) is 5.69 Å². The van der Waals surface area contributed by atoms with Crippen molar-refractivity contribution in [1.82, 2.24) is 10.3 Å². The first-order valence-electron chi connectivity index (χ1n) is 7.47. The molecule has 2 heteroatoms. The summed E-state index contributed by atoms with van der Waals surface area (Å²) in [4.78, 5) is 4.54. The van der Waals surface area contributed by atoms with Crippen LogP contribution < -0.4 is 5.32 Å². The Morgan fingerprint density at radius 3 is 2.40 bits per heavy atom. The van der Waals surface area contributed by atoms with Crippen molar-refractivity contribution in [2.45, 2.75) is 46.2 Å². The Bertz CT molecular complexity index is 531. The number of aromatic nitrogens is 1. The summed E-state index contributed by atoms with van der Waals surface area (Å²) in [7, 11) is 0. The molecule has 0 spiro atoms. The summed E-state index contributed by atoms with van der Waals surface area (Å²) in [5, 5.41) is 3.60. The normalized spacial score (nSPS) is 12.3. The van der Waals surface area contributed by atoms with Gasteiger partial charge in [0.15, 0.2) is 0 Å². The molecule has 0 bridgehead atoms. The average Bonchev–Trinajstić information content (AvgIpc) is 2.48. The van der Waals surface area contributed by atoms with Gasteiger partial charge in [-0.1, -0.05) is 44.2 Å². The standard InChI is InChI=1S/C18H24N2/c1-4-15-9-11-16(12-10-15)18(5-2)19-13-17-8-6-7-14(3)20-17/h6-12,18-19H,4-5,13H2,1-3H3. The zero-order valence-electron chi connectivity index (χ0n) is 12.7. The number of hydrogen-bond donors (Lipinski definition) is 1. The fraction of sp³-hybridized carbons (Fsp3) is 0.389. The van der Waals surface area contributed by atoms with Crippen molar-refractivity contribution in [2.24, 2.45) is 0 Å². The van der Waals surface area contributed by atoms with Crippen molar-refractivity contribution >= 4 is 0 Å². The molecule has 0 amide bonds. The van der Waals surface area contributed by atoms with Crippen LogP contribution in [0.4, 0.5) is 0 Å². The molecule has 0 saturated carbocycles. The van der Waals surface area contributed by atoms with Crippen molar-refractivity contribution in [3.8, 4) is 0 Å². The van der Waals surface area contributed by atoms with E-state index in [-0.39, 0.29) is 0 Å². The first-order valence-corrected chi connectivity index (χ1v) is 7.47. The third-order valence-electron chi connectivity index (χ3n) is 3.67. The van der Waals surface area contributed by atoms with Gasteiger partial charge in [0.25, 0.3) is 0 Å². The van der Waals surface area contributed by atoms with E-state index in [1.54, 1.807) is 0 Å². The monoisotopic (exact) mass is 268 g/mol. The Morgan fingerprint density at radius 1 is 1.05 bits per heavy atom. The van der Waals surface area contributed by atoms with Gasteiger partial charge in [-0.25, -0.2) is 0 Å². The van der Waals surface area contributed by atoms with Gasteiger partial charge in [-0.3, -0.25) is 4.98 Å². The van der Waals surface area contributed by atoms with Crippen molar-refractivity contribution in [2.75, 3.05) is 0 Å². The number of hydrogen-bond acceptors (Lipinski definition) is 2. The minimum atomic E-state index is 0.392. The van der Waals surface area contributed by atoms with Gasteiger partial charge in [0.1, 0.15) is 0 Å². The molecule has 0 fully saturated rings. The molecule has 1 N–H and O–H groups in total. The van der Waals surface area contributed by atoms with Crippen LogP contribution in [0.25, 0.3) is 0 Å². The highest BCUT2D eigenvalue weighted by Crippen LogP contribution is 2.18. The van der Waals surface area contributed by atoms with E-state index in [9.17, 15) is 0 Å². The molecule has 2 nitrogen and oxygen atoms in total. The molecule has 0 saturated heterocycles. The molecule has 2 rings (SSSR count). The van der Waals surface area contributed by atoms with E-state index in [4.69, 9.17) is 0 Å². The summed E-state index contributed by atoms with van der Waals surface area (Å²) in [6.07, 6.45) is 2.18. The van der Waals surface area contributed by atoms with E-state index in [1.807, 2.05) is 13.0 Å². The highest BCUT2D eigenvalue weighted by atomic mass is 14.9. The lowest BCUT2D eigenvalue weighted by atomic mass is 10.0. The first-order chi connectivity index (χ1) is 9.72. The molecule has 1 heterocycles. The van der Waals surface area contributed by atoms with Gasteiger partial charge in [-0.05, 0) is 43.0 Å². The molecule has 0 aliphatic heterocycles. The zero-order chi connectivity index (χ0) is 14.4. The predicted octanol–water partition coefficient (Wildman–Crippen LogP) is 4.19. The maximum absolute atomic E-state index is 4.54. The number of nitrogens with zero attached hydrogens (tertiary/aromatic N) is 1. The second kappa shape index (κ2) is 7.20. The smallest absolute Gasteiger partial charge is 0.0545 e. The Balaban J connectivity index is 2.01. The minimum absolute atomic E-state index is 0.392. The molecule has 0 aliphatic carbocycles. The highest BCUT2D eigenvalue weighted by Gasteiger charge is 2.08. The summed E-state index contributed by atoms with van der Waals surface area (Å²) in [6, 6.07) is 15.5. The maximum atomic E-state index is 4.54. The third kappa shape index (κ3) is 3.91. The van der Waals surface area contributed by atoms with E-state index in [0.717, 1.165) is 30.8 Å². The quantitative estimate of drug-likeness (QED) is 0.849. The molecule has 0 radical (unpaired) electrons. The zero-order valence-corrected chi connectivity index (χ0v) is 12.7. The summed E-state index contributed by atoms with van der Waals surface area (Å²) in [5.74, 6) is 0. The molecule has 1 aromatic carbocycles. The Kier molecular flexibility index (Phi) is 5.31. The largest absolute Gasteiger partial charge is 0.304 e. The topological polar surface area (TPSA) is 24.9 Å². The average molecular weight is 268 g/mol. The van der Waals surface area contributed by atoms with Crippen molar-refractivity contribution in [3.05, 3.63) is 65.0 Å². The van der Waals surface area contributed by atoms with Crippen LogP contribution in [0, 0.1) is 6.92 Å². The molecular formula is C18H24N2. The molecule has 0 aliphatic rings. The molecular weight excluding hydrogens is 244 g/mol. The van der Waals surface area contributed by atoms with E-state index in [0.29, 0.717) is 6.04 Å². The molecule has 2 aromatic rings. The van der Waals surface area contributed by atoms with Crippen LogP contribution in [0.2, 0.25) is 0 Å². The third-order valence-corrected chi connectivity index (χ3v) is 3.67. The number of benzene rings is 1. The van der Waals surface area contributed by atoms with E-state index < -0.39 is 0 Å². The molecule has 1 atom stereocenters. The molecule has 1 aromatic heterocycles. The summed E-state index contributed by atoms with van der Waals surface area (Å²) >= 11 is 0. The van der Waals surface area contributed by atoms with Gasteiger partial charge in [0.2, 0.25) is 0 Å². The van der Waals surface area contributed by atoms with Gasteiger partial charge in [-0.15, -0.1) is 0 Å². The number of nitrogens with one attached hydrogen (secondary N) is 1. The van der Waals surface area contributed by atoms with E-state index >= 15 is 0 Å². The van der Waals surface area contributed by atoms with E-state index in [1.165, 1.54) is 11.1 Å². The highest BCUT2D eigenvalue weighted by molar-refractivity contribution is 5.25. The fourth-order valence-corrected chi connectivity index (χ4v) is 2.41. The SMILES string of the molecule is CCc1ccc(C(CC)NCc2cccc(C)n2)cc1. The lowest BCUT2D eigenvalue weighted by Gasteiger charge is -2.17. The van der Waals surface area contributed by atoms with Gasteiger partial charge in [0, 0.05) is 18.3 Å². The van der Waals surface area contributed by atoms with Crippen molar-refractivity contribution < 1.29 is 0 Å². The lowest BCUT2D eigenvalue weighted by Crippen LogP contribution is -2.21. The summed E-state index contributed by atoms with van der Waals surface area (Å²) in [6.45, 7) is 7.25. The van der Waals surface area contributed by atoms with Crippen LogP contribution in [-0.4, -0.2) is 4.98 Å². The van der Waals surface area contributed by atoms with Gasteiger partial charge in [-0.2, -0.15) is 0 Å². The lowest BCUT2D eigenvalue weighted by molar-refractivity contribution is 0.514. The Labute approximate surface area is 122 Å². The van der Waals surface area contributed by atoms with Crippen LogP contribution in [0.15, 0.2) is 42.5 Å². The van der Waals surface area contributed by atoms with Crippen LogP contribution in [0.3, 0.4) is 0 Å². The molecule has 20 heavy (non-hydrogen) atoms. The number of aryl methyl sites for hydroxylation is 2. The van der Waals surface area contributed by atoms with Crippen LogP contribution in [-0.2, 0) is 13.0 Å². The predicted molar refractivity (Wildman–Crippen MR) is 84.7 cm³/mol. The number of pyridine rings is 1. The molecule has 106 valence electrons. The first kappa shape index (κ1) is 14.7. The Hall–Kier alpha value is -1.67. The van der Waals surface area contributed by atoms with Crippen LogP contribution >= 0.6 is 0 Å². The maximum Gasteiger partial charge on any atom is 0.0545 e. The van der Waals surface area contributed by atoms with Crippen LogP contribution in [0.1, 0.15) is 48.8 Å². The second-order valence-corrected chi connectivity index (χ2v) is 5.21. The van der Waals surface area contributed by atoms with Crippen molar-refractivity contribution in [1.29, 1.82) is 0 Å². The second-order valence-electron chi connectivity index (χ2n) is 5.21. The minimum Gasteiger partial charge on any atom is -0.304 e. The van der Waals surface area contributed by atoms with Gasteiger partial charge >= 0.3 is 0 Å². The number of rotatable bonds is 6. The fourth-order valence-electron chi connectivity index (χ4n) is 2.41. The molecule has 1 unspecified atom stereocenters. The van der Waals surface area contributed by atoms with Crippen molar-refractivity contribution in [3.63, 3.8) is 0 Å². The summed E-state index contributed by atoms with van der Waals surface area (Å²) < 4.78 is 0. The van der Waals surface area contributed by atoms with Gasteiger partial charge < -0.3 is 5.32 Å². The summed E-state index contributed by atoms with van der Waals surface area (Å²) in [5.41, 5.74) is 4.93.